The van der Waals surface area contributed by atoms with Crippen LogP contribution in [0.1, 0.15) is 48.5 Å². The van der Waals surface area contributed by atoms with Gasteiger partial charge in [-0.05, 0) is 38.3 Å². The molecule has 2 heterocycles. The molecule has 1 aromatic carbocycles. The van der Waals surface area contributed by atoms with Crippen molar-refractivity contribution in [2.24, 2.45) is 5.73 Å². The predicted octanol–water partition coefficient (Wildman–Crippen LogP) is 2.59. The summed E-state index contributed by atoms with van der Waals surface area (Å²) in [4.78, 5) is 11.5. The number of primary amides is 1. The number of rotatable bonds is 3. The number of nitrogens with two attached hydrogens (primary N) is 1. The molecule has 0 aromatic heterocycles. The van der Waals surface area contributed by atoms with Gasteiger partial charge in [-0.3, -0.25) is 4.79 Å². The van der Waals surface area contributed by atoms with E-state index in [1.54, 1.807) is 0 Å². The quantitative estimate of drug-likeness (QED) is 0.869. The van der Waals surface area contributed by atoms with Gasteiger partial charge in [0.25, 0.3) is 0 Å². The molecule has 1 amide bonds. The van der Waals surface area contributed by atoms with Gasteiger partial charge in [0.1, 0.15) is 12.6 Å². The maximum Gasteiger partial charge on any atom is 0.248 e. The minimum atomic E-state index is -0.332. The van der Waals surface area contributed by atoms with Crippen LogP contribution in [0.5, 0.6) is 0 Å². The molecular weight excluding hydrogens is 262 g/mol. The Morgan fingerprint density at radius 2 is 2.00 bits per heavy atom. The molecule has 2 N–H and O–H groups in total. The molecule has 2 aliphatic heterocycles. The fourth-order valence-corrected chi connectivity index (χ4v) is 4.25. The van der Waals surface area contributed by atoms with Gasteiger partial charge in [0.2, 0.25) is 5.91 Å². The first-order valence-corrected chi connectivity index (χ1v) is 8.10. The Labute approximate surface area is 127 Å². The fraction of sp³-hybridized carbons (Fsp3) is 0.588. The number of carbonyl (C=O) groups excluding carboxylic acids is 1. The van der Waals surface area contributed by atoms with Crippen LogP contribution in [0.25, 0.3) is 0 Å². The van der Waals surface area contributed by atoms with E-state index in [0.29, 0.717) is 11.6 Å². The molecule has 2 aliphatic rings. The Morgan fingerprint density at radius 3 is 2.52 bits per heavy atom. The van der Waals surface area contributed by atoms with Crippen LogP contribution in [0, 0.1) is 6.92 Å². The number of hydrogen-bond donors (Lipinski definition) is 1. The van der Waals surface area contributed by atoms with Gasteiger partial charge >= 0.3 is 0 Å². The van der Waals surface area contributed by atoms with E-state index in [2.05, 4.69) is 24.1 Å². The summed E-state index contributed by atoms with van der Waals surface area (Å²) in [6, 6.07) is 6.82. The van der Waals surface area contributed by atoms with Crippen molar-refractivity contribution in [1.29, 1.82) is 0 Å². The van der Waals surface area contributed by atoms with Crippen LogP contribution < -0.4 is 10.3 Å². The summed E-state index contributed by atoms with van der Waals surface area (Å²) in [6.45, 7) is 7.89. The van der Waals surface area contributed by atoms with Crippen LogP contribution in [-0.4, -0.2) is 36.6 Å². The standard InChI is InChI=1S/C17H25N3O/c1-13-12-15(7-8-16(13)17(18)21)20(11-5-6-14(20)2)19-9-3-4-10-19/h7-8,12,14H,3-6,9-11H2,1-2H3,(H-,18,21)/p+1/t14-,20?/m0/s1. The van der Waals surface area contributed by atoms with Crippen LogP contribution in [0.4, 0.5) is 5.69 Å². The Morgan fingerprint density at radius 1 is 1.29 bits per heavy atom. The zero-order valence-corrected chi connectivity index (χ0v) is 13.1. The summed E-state index contributed by atoms with van der Waals surface area (Å²) in [7, 11) is 0. The lowest BCUT2D eigenvalue weighted by Gasteiger charge is -2.44. The fourth-order valence-electron chi connectivity index (χ4n) is 4.25. The first kappa shape index (κ1) is 14.5. The molecule has 0 radical (unpaired) electrons. The Kier molecular flexibility index (Phi) is 3.76. The van der Waals surface area contributed by atoms with Gasteiger partial charge in [0.15, 0.2) is 5.69 Å². The zero-order valence-electron chi connectivity index (χ0n) is 13.1. The third-order valence-electron chi connectivity index (χ3n) is 5.36. The smallest absolute Gasteiger partial charge is 0.248 e. The second-order valence-corrected chi connectivity index (χ2v) is 6.57. The summed E-state index contributed by atoms with van der Waals surface area (Å²) in [6.07, 6.45) is 5.14. The first-order valence-electron chi connectivity index (χ1n) is 8.10. The van der Waals surface area contributed by atoms with Crippen LogP contribution >= 0.6 is 0 Å². The molecule has 2 saturated heterocycles. The normalized spacial score (nSPS) is 29.9. The topological polar surface area (TPSA) is 46.3 Å². The van der Waals surface area contributed by atoms with Crippen molar-refractivity contribution < 1.29 is 4.79 Å². The molecule has 0 spiro atoms. The summed E-state index contributed by atoms with van der Waals surface area (Å²) in [5.41, 5.74) is 8.41. The van der Waals surface area contributed by atoms with Gasteiger partial charge in [-0.25, -0.2) is 4.59 Å². The van der Waals surface area contributed by atoms with Crippen molar-refractivity contribution in [1.82, 2.24) is 9.60 Å². The second kappa shape index (κ2) is 5.43. The third kappa shape index (κ3) is 2.27. The summed E-state index contributed by atoms with van der Waals surface area (Å²) in [5, 5.41) is 2.64. The molecule has 0 saturated carbocycles. The van der Waals surface area contributed by atoms with Crippen LogP contribution in [0.3, 0.4) is 0 Å². The third-order valence-corrected chi connectivity index (χ3v) is 5.36. The maximum absolute atomic E-state index is 11.5. The van der Waals surface area contributed by atoms with E-state index in [0.717, 1.165) is 10.2 Å². The van der Waals surface area contributed by atoms with Crippen molar-refractivity contribution >= 4 is 11.6 Å². The number of nitrogens with zero attached hydrogens (tertiary/aromatic N) is 2. The predicted molar refractivity (Wildman–Crippen MR) is 85.9 cm³/mol. The molecular formula is C17H26N3O+. The van der Waals surface area contributed by atoms with Crippen molar-refractivity contribution in [3.63, 3.8) is 0 Å². The molecule has 2 fully saturated rings. The highest BCUT2D eigenvalue weighted by Crippen LogP contribution is 2.39. The number of benzene rings is 1. The van der Waals surface area contributed by atoms with Gasteiger partial charge in [-0.15, -0.1) is 5.01 Å². The highest BCUT2D eigenvalue weighted by Gasteiger charge is 2.47. The van der Waals surface area contributed by atoms with Crippen molar-refractivity contribution in [2.45, 2.75) is 45.6 Å². The minimum Gasteiger partial charge on any atom is -0.366 e. The molecule has 3 rings (SSSR count). The van der Waals surface area contributed by atoms with E-state index < -0.39 is 0 Å². The largest absolute Gasteiger partial charge is 0.366 e. The van der Waals surface area contributed by atoms with E-state index in [1.165, 1.54) is 51.0 Å². The highest BCUT2D eigenvalue weighted by molar-refractivity contribution is 5.94. The molecule has 4 nitrogen and oxygen atoms in total. The van der Waals surface area contributed by atoms with Gasteiger partial charge in [-0.1, -0.05) is 0 Å². The average molecular weight is 288 g/mol. The molecule has 2 atom stereocenters. The van der Waals surface area contributed by atoms with Crippen molar-refractivity contribution in [3.8, 4) is 0 Å². The van der Waals surface area contributed by atoms with Crippen LogP contribution in [0.2, 0.25) is 0 Å². The lowest BCUT2D eigenvalue weighted by molar-refractivity contribution is -0.00182. The summed E-state index contributed by atoms with van der Waals surface area (Å²) < 4.78 is 0.972. The number of hydrogen-bond acceptors (Lipinski definition) is 2. The van der Waals surface area contributed by atoms with Gasteiger partial charge < -0.3 is 5.73 Å². The lowest BCUT2D eigenvalue weighted by atomic mass is 10.1. The monoisotopic (exact) mass is 288 g/mol. The van der Waals surface area contributed by atoms with Crippen molar-refractivity contribution in [3.05, 3.63) is 29.3 Å². The van der Waals surface area contributed by atoms with Gasteiger partial charge in [0.05, 0.1) is 0 Å². The number of aryl methyl sites for hydroxylation is 1. The average Bonchev–Trinajstić information content (AvgIpc) is 3.07. The minimum absolute atomic E-state index is 0.332. The molecule has 1 aromatic rings. The Balaban J connectivity index is 2.05. The van der Waals surface area contributed by atoms with E-state index in [9.17, 15) is 4.79 Å². The SMILES string of the molecule is Cc1cc([N+]2(N3CCCC3)CCC[C@@H]2C)ccc1C(N)=O. The van der Waals surface area contributed by atoms with E-state index in [4.69, 9.17) is 5.73 Å². The molecule has 21 heavy (non-hydrogen) atoms. The molecule has 114 valence electrons. The molecule has 1 unspecified atom stereocenters. The zero-order chi connectivity index (χ0) is 15.0. The number of quaternary nitrogens is 1. The first-order chi connectivity index (χ1) is 10.1. The maximum atomic E-state index is 11.5. The molecule has 4 heteroatoms. The summed E-state index contributed by atoms with van der Waals surface area (Å²) >= 11 is 0. The van der Waals surface area contributed by atoms with E-state index in [-0.39, 0.29) is 5.91 Å². The number of amides is 1. The Bertz CT molecular complexity index is 551. The lowest BCUT2D eigenvalue weighted by Crippen LogP contribution is -2.62. The van der Waals surface area contributed by atoms with E-state index >= 15 is 0 Å². The van der Waals surface area contributed by atoms with Gasteiger partial charge in [0, 0.05) is 43.6 Å². The second-order valence-electron chi connectivity index (χ2n) is 6.57. The van der Waals surface area contributed by atoms with Crippen LogP contribution in [0.15, 0.2) is 18.2 Å². The number of carbonyl (C=O) groups is 1. The molecule has 0 bridgehead atoms. The summed E-state index contributed by atoms with van der Waals surface area (Å²) in [5.74, 6) is -0.332. The van der Waals surface area contributed by atoms with E-state index in [1.807, 2.05) is 13.0 Å². The Hall–Kier alpha value is -1.39. The van der Waals surface area contributed by atoms with Crippen LogP contribution in [-0.2, 0) is 0 Å². The molecule has 0 aliphatic carbocycles. The highest BCUT2D eigenvalue weighted by atomic mass is 16.1. The van der Waals surface area contributed by atoms with Crippen molar-refractivity contribution in [2.75, 3.05) is 19.6 Å². The van der Waals surface area contributed by atoms with Gasteiger partial charge in [-0.2, -0.15) is 0 Å².